The first-order valence-corrected chi connectivity index (χ1v) is 5.57. The number of rotatable bonds is 4. The summed E-state index contributed by atoms with van der Waals surface area (Å²) in [6.45, 7) is 14.2. The predicted octanol–water partition coefficient (Wildman–Crippen LogP) is -0.208. The van der Waals surface area contributed by atoms with E-state index in [1.165, 1.54) is 30.7 Å². The van der Waals surface area contributed by atoms with Crippen molar-refractivity contribution in [2.75, 3.05) is 33.3 Å². The molecule has 0 bridgehead atoms. The van der Waals surface area contributed by atoms with Crippen molar-refractivity contribution in [1.29, 1.82) is 0 Å². The van der Waals surface area contributed by atoms with Crippen molar-refractivity contribution in [1.82, 2.24) is 0 Å². The molecule has 5 nitrogen and oxygen atoms in total. The molecule has 0 spiro atoms. The molecule has 0 aromatic carbocycles. The van der Waals surface area contributed by atoms with Crippen LogP contribution >= 0.6 is 0 Å². The van der Waals surface area contributed by atoms with Crippen LogP contribution in [0, 0.1) is 0 Å². The Labute approximate surface area is 97.6 Å². The van der Waals surface area contributed by atoms with E-state index >= 15 is 0 Å². The van der Waals surface area contributed by atoms with E-state index in [9.17, 15) is 14.7 Å². The van der Waals surface area contributed by atoms with Gasteiger partial charge in [0, 0.05) is 0 Å². The molecule has 96 valence electrons. The van der Waals surface area contributed by atoms with Crippen molar-refractivity contribution >= 4 is 11.9 Å². The number of quaternary nitrogens is 1. The molecule has 0 aromatic heterocycles. The van der Waals surface area contributed by atoms with Gasteiger partial charge in [0.2, 0.25) is 0 Å². The lowest BCUT2D eigenvalue weighted by Crippen LogP contribution is -2.47. The summed E-state index contributed by atoms with van der Waals surface area (Å²) >= 11 is 0. The summed E-state index contributed by atoms with van der Waals surface area (Å²) in [7, 11) is 0.970. The van der Waals surface area contributed by atoms with Crippen molar-refractivity contribution < 1.29 is 23.9 Å². The highest BCUT2D eigenvalue weighted by Crippen LogP contribution is 2.03. The number of methoxy groups -OCH3 is 1. The van der Waals surface area contributed by atoms with Crippen molar-refractivity contribution in [3.05, 3.63) is 0 Å². The Hall–Kier alpha value is -1.10. The minimum absolute atomic E-state index is 0.970. The zero-order chi connectivity index (χ0) is 13.2. The molecule has 0 heterocycles. The van der Waals surface area contributed by atoms with E-state index in [0.717, 1.165) is 7.11 Å². The highest BCUT2D eigenvalue weighted by atomic mass is 16.5. The Morgan fingerprint density at radius 2 is 1.31 bits per heavy atom. The first-order valence-electron chi connectivity index (χ1n) is 5.57. The minimum Gasteiger partial charge on any atom is -0.539 e. The Morgan fingerprint density at radius 3 is 1.31 bits per heavy atom. The standard InChI is InChI=1S/C8H20N.C3H4O4/c1-5-9(6-2,7-3)8-4;1-7-3(6)2(4)5/h5-8H2,1-4H3;1H3,(H,4,5)/q+1;/p-1. The summed E-state index contributed by atoms with van der Waals surface area (Å²) in [5, 5.41) is 9.34. The molecule has 0 saturated carbocycles. The van der Waals surface area contributed by atoms with Crippen LogP contribution in [0.4, 0.5) is 0 Å². The molecule has 0 rings (SSSR count). The Bertz CT molecular complexity index is 195. The smallest absolute Gasteiger partial charge is 0.353 e. The van der Waals surface area contributed by atoms with E-state index in [4.69, 9.17) is 0 Å². The van der Waals surface area contributed by atoms with Crippen molar-refractivity contribution in [2.24, 2.45) is 0 Å². The monoisotopic (exact) mass is 233 g/mol. The minimum atomic E-state index is -1.82. The number of hydrogen-bond donors (Lipinski definition) is 0. The van der Waals surface area contributed by atoms with Crippen LogP contribution in [0.5, 0.6) is 0 Å². The van der Waals surface area contributed by atoms with Crippen LogP contribution in [0.2, 0.25) is 0 Å². The van der Waals surface area contributed by atoms with Crippen molar-refractivity contribution in [3.8, 4) is 0 Å². The lowest BCUT2D eigenvalue weighted by molar-refractivity contribution is -0.921. The fourth-order valence-electron chi connectivity index (χ4n) is 1.42. The maximum Gasteiger partial charge on any atom is 0.353 e. The second-order valence-corrected chi connectivity index (χ2v) is 3.39. The Morgan fingerprint density at radius 1 is 1.00 bits per heavy atom. The second kappa shape index (κ2) is 9.15. The number of carboxylic acid groups (broad SMARTS) is 1. The van der Waals surface area contributed by atoms with Gasteiger partial charge in [0.05, 0.1) is 33.3 Å². The third-order valence-corrected chi connectivity index (χ3v) is 3.04. The first-order chi connectivity index (χ1) is 7.42. The van der Waals surface area contributed by atoms with Gasteiger partial charge in [-0.05, 0) is 27.7 Å². The topological polar surface area (TPSA) is 66.4 Å². The number of carboxylic acids is 1. The molecule has 0 atom stereocenters. The van der Waals surface area contributed by atoms with E-state index in [1.807, 2.05) is 0 Å². The van der Waals surface area contributed by atoms with Gasteiger partial charge in [0.15, 0.2) is 5.97 Å². The van der Waals surface area contributed by atoms with Gasteiger partial charge in [-0.15, -0.1) is 0 Å². The molecule has 0 N–H and O–H groups in total. The molecule has 0 amide bonds. The van der Waals surface area contributed by atoms with Crippen LogP contribution < -0.4 is 5.11 Å². The second-order valence-electron chi connectivity index (χ2n) is 3.39. The van der Waals surface area contributed by atoms with Gasteiger partial charge in [-0.2, -0.15) is 0 Å². The van der Waals surface area contributed by atoms with Gasteiger partial charge in [-0.25, -0.2) is 4.79 Å². The van der Waals surface area contributed by atoms with Gasteiger partial charge in [-0.1, -0.05) is 0 Å². The summed E-state index contributed by atoms with van der Waals surface area (Å²) in [6.07, 6.45) is 0. The van der Waals surface area contributed by atoms with E-state index < -0.39 is 11.9 Å². The van der Waals surface area contributed by atoms with Crippen molar-refractivity contribution in [3.63, 3.8) is 0 Å². The number of aliphatic carboxylic acids is 1. The molecule has 0 saturated heterocycles. The maximum absolute atomic E-state index is 9.63. The van der Waals surface area contributed by atoms with E-state index in [1.54, 1.807) is 0 Å². The Kier molecular flexibility index (Phi) is 9.89. The number of esters is 1. The highest BCUT2D eigenvalue weighted by Gasteiger charge is 2.16. The normalized spacial score (nSPS) is 10.1. The molecular formula is C11H23NO4. The predicted molar refractivity (Wildman–Crippen MR) is 59.4 cm³/mol. The van der Waals surface area contributed by atoms with Crippen LogP contribution in [0.15, 0.2) is 0 Å². The third-order valence-electron chi connectivity index (χ3n) is 3.04. The van der Waals surface area contributed by atoms with Gasteiger partial charge >= 0.3 is 5.97 Å². The molecular weight excluding hydrogens is 210 g/mol. The van der Waals surface area contributed by atoms with Crippen molar-refractivity contribution in [2.45, 2.75) is 27.7 Å². The molecule has 0 unspecified atom stereocenters. The van der Waals surface area contributed by atoms with Crippen LogP contribution in [0.3, 0.4) is 0 Å². The molecule has 0 aliphatic carbocycles. The number of carbonyl (C=O) groups is 2. The lowest BCUT2D eigenvalue weighted by Gasteiger charge is -2.34. The van der Waals surface area contributed by atoms with Crippen LogP contribution in [0.25, 0.3) is 0 Å². The lowest BCUT2D eigenvalue weighted by atomic mass is 10.3. The fraction of sp³-hybridized carbons (Fsp3) is 0.818. The van der Waals surface area contributed by atoms with Gasteiger partial charge in [0.25, 0.3) is 0 Å². The SMILES string of the molecule is CC[N+](CC)(CC)CC.COC(=O)C(=O)[O-]. The Balaban J connectivity index is 0. The molecule has 5 heteroatoms. The van der Waals surface area contributed by atoms with Crippen LogP contribution in [-0.4, -0.2) is 49.7 Å². The highest BCUT2D eigenvalue weighted by molar-refractivity contribution is 6.27. The summed E-state index contributed by atoms with van der Waals surface area (Å²) in [4.78, 5) is 19.0. The summed E-state index contributed by atoms with van der Waals surface area (Å²) in [6, 6.07) is 0. The van der Waals surface area contributed by atoms with E-state index in [0.29, 0.717) is 0 Å². The number of hydrogen-bond acceptors (Lipinski definition) is 4. The summed E-state index contributed by atoms with van der Waals surface area (Å²) < 4.78 is 4.99. The molecule has 16 heavy (non-hydrogen) atoms. The van der Waals surface area contributed by atoms with Crippen LogP contribution in [0.1, 0.15) is 27.7 Å². The van der Waals surface area contributed by atoms with Gasteiger partial charge < -0.3 is 19.1 Å². The molecule has 0 fully saturated rings. The quantitative estimate of drug-likeness (QED) is 0.383. The van der Waals surface area contributed by atoms with Gasteiger partial charge in [0.1, 0.15) is 0 Å². The largest absolute Gasteiger partial charge is 0.539 e. The number of carbonyl (C=O) groups excluding carboxylic acids is 2. The third kappa shape index (κ3) is 6.40. The fourth-order valence-corrected chi connectivity index (χ4v) is 1.42. The molecule has 0 radical (unpaired) electrons. The van der Waals surface area contributed by atoms with Crippen LogP contribution in [-0.2, 0) is 14.3 Å². The molecule has 0 aliphatic rings. The maximum atomic E-state index is 9.63. The summed E-state index contributed by atoms with van der Waals surface area (Å²) in [5.41, 5.74) is 0. The van der Waals surface area contributed by atoms with Gasteiger partial charge in [-0.3, -0.25) is 0 Å². The zero-order valence-electron chi connectivity index (χ0n) is 10.9. The zero-order valence-corrected chi connectivity index (χ0v) is 10.9. The number of ether oxygens (including phenoxy) is 1. The average molecular weight is 233 g/mol. The van der Waals surface area contributed by atoms with E-state index in [2.05, 4.69) is 32.4 Å². The average Bonchev–Trinajstić information content (AvgIpc) is 2.32. The first kappa shape index (κ1) is 17.3. The van der Waals surface area contributed by atoms with E-state index in [-0.39, 0.29) is 0 Å². The molecule has 0 aliphatic heterocycles. The summed E-state index contributed by atoms with van der Waals surface area (Å²) in [5.74, 6) is -3.16. The molecule has 0 aromatic rings. The number of nitrogens with zero attached hydrogens (tertiary/aromatic N) is 1.